The quantitative estimate of drug-likeness (QED) is 0.359. The molecule has 0 saturated heterocycles. The zero-order valence-corrected chi connectivity index (χ0v) is 21.0. The molecule has 3 aromatic carbocycles. The van der Waals surface area contributed by atoms with Gasteiger partial charge in [-0.1, -0.05) is 47.5 Å². The Morgan fingerprint density at radius 3 is 2.18 bits per heavy atom. The lowest BCUT2D eigenvalue weighted by Crippen LogP contribution is -2.27. The van der Waals surface area contributed by atoms with E-state index in [1.807, 2.05) is 0 Å². The van der Waals surface area contributed by atoms with Crippen LogP contribution in [0.1, 0.15) is 20.8 Å². The zero-order valence-electron chi connectivity index (χ0n) is 18.7. The average molecular weight is 507 g/mol. The molecule has 0 aliphatic carbocycles. The minimum Gasteiger partial charge on any atom is -0.481 e. The van der Waals surface area contributed by atoms with Gasteiger partial charge in [-0.3, -0.25) is 0 Å². The van der Waals surface area contributed by atoms with Crippen molar-refractivity contribution in [1.82, 2.24) is 0 Å². The van der Waals surface area contributed by atoms with E-state index < -0.39 is 21.4 Å². The summed E-state index contributed by atoms with van der Waals surface area (Å²) in [4.78, 5) is 12.2. The van der Waals surface area contributed by atoms with Gasteiger partial charge >= 0.3 is 5.97 Å². The fraction of sp³-hybridized carbons (Fsp3) is 0.240. The number of carbonyl (C=O) groups excluding carboxylic acids is 1. The van der Waals surface area contributed by atoms with Gasteiger partial charge in [0.25, 0.3) is 0 Å². The number of hydrogen-bond acceptors (Lipinski definition) is 5. The van der Waals surface area contributed by atoms with Crippen molar-refractivity contribution in [3.05, 3.63) is 70.7 Å². The third-order valence-electron chi connectivity index (χ3n) is 4.53. The second-order valence-electron chi connectivity index (χ2n) is 8.51. The van der Waals surface area contributed by atoms with Crippen LogP contribution in [0.2, 0.25) is 10.0 Å². The highest BCUT2D eigenvalue weighted by atomic mass is 35.5. The summed E-state index contributed by atoms with van der Waals surface area (Å²) in [6, 6.07) is 17.0. The lowest BCUT2D eigenvalue weighted by Gasteiger charge is -2.20. The maximum Gasteiger partial charge on any atom is 0.344 e. The van der Waals surface area contributed by atoms with Crippen molar-refractivity contribution in [3.63, 3.8) is 0 Å². The van der Waals surface area contributed by atoms with E-state index in [0.29, 0.717) is 38.0 Å². The Balaban J connectivity index is 2.04. The predicted molar refractivity (Wildman–Crippen MR) is 132 cm³/mol. The molecule has 0 aromatic heterocycles. The van der Waals surface area contributed by atoms with Gasteiger partial charge in [-0.05, 0) is 68.3 Å². The van der Waals surface area contributed by atoms with Crippen molar-refractivity contribution in [2.24, 2.45) is 0 Å². The molecule has 5 nitrogen and oxygen atoms in total. The standard InChI is InChI=1S/C25H24Cl2O5S/c1-25(2,3)32-24(28)15-31-22-11-9-19(27)14-21(22)17-8-10-20(23(13-17)33(4,29)30)16-6-5-7-18(26)12-16/h5-14H,15H2,1-4H3. The van der Waals surface area contributed by atoms with E-state index in [-0.39, 0.29) is 11.5 Å². The van der Waals surface area contributed by atoms with Gasteiger partial charge in [0, 0.05) is 27.4 Å². The molecular formula is C25H24Cl2O5S. The minimum atomic E-state index is -3.58. The molecule has 0 fully saturated rings. The van der Waals surface area contributed by atoms with Gasteiger partial charge in [0.2, 0.25) is 0 Å². The first kappa shape index (κ1) is 25.1. The van der Waals surface area contributed by atoms with Crippen LogP contribution in [0.5, 0.6) is 5.75 Å². The molecule has 0 N–H and O–H groups in total. The molecule has 0 unspecified atom stereocenters. The lowest BCUT2D eigenvalue weighted by atomic mass is 9.99. The second-order valence-corrected chi connectivity index (χ2v) is 11.4. The first-order valence-corrected chi connectivity index (χ1v) is 12.7. The van der Waals surface area contributed by atoms with Crippen molar-refractivity contribution < 1.29 is 22.7 Å². The Bertz CT molecular complexity index is 1290. The van der Waals surface area contributed by atoms with Crippen LogP contribution in [-0.2, 0) is 19.4 Å². The summed E-state index contributed by atoms with van der Waals surface area (Å²) in [6.45, 7) is 5.01. The molecule has 8 heteroatoms. The molecule has 0 aliphatic rings. The fourth-order valence-corrected chi connectivity index (χ4v) is 4.54. The number of hydrogen-bond donors (Lipinski definition) is 0. The summed E-state index contributed by atoms with van der Waals surface area (Å²) in [5.41, 5.74) is 1.70. The van der Waals surface area contributed by atoms with Crippen LogP contribution in [0.15, 0.2) is 65.6 Å². The number of rotatable bonds is 6. The van der Waals surface area contributed by atoms with Crippen LogP contribution >= 0.6 is 23.2 Å². The molecule has 0 bridgehead atoms. The number of esters is 1. The van der Waals surface area contributed by atoms with E-state index in [1.54, 1.807) is 81.4 Å². The topological polar surface area (TPSA) is 69.7 Å². The molecule has 0 radical (unpaired) electrons. The van der Waals surface area contributed by atoms with Gasteiger partial charge in [0.15, 0.2) is 16.4 Å². The van der Waals surface area contributed by atoms with Gasteiger partial charge in [0.05, 0.1) is 4.90 Å². The summed E-state index contributed by atoms with van der Waals surface area (Å²) in [7, 11) is -3.58. The predicted octanol–water partition coefficient (Wildman–Crippen LogP) is 6.45. The second kappa shape index (κ2) is 9.75. The largest absolute Gasteiger partial charge is 0.481 e. The molecule has 0 atom stereocenters. The third kappa shape index (κ3) is 6.73. The Hall–Kier alpha value is -2.54. The molecule has 3 rings (SSSR count). The summed E-state index contributed by atoms with van der Waals surface area (Å²) in [6.07, 6.45) is 1.15. The van der Waals surface area contributed by atoms with E-state index in [0.717, 1.165) is 6.26 Å². The van der Waals surface area contributed by atoms with E-state index in [1.165, 1.54) is 0 Å². The zero-order chi connectivity index (χ0) is 24.4. The van der Waals surface area contributed by atoms with E-state index >= 15 is 0 Å². The molecule has 0 aliphatic heterocycles. The number of benzene rings is 3. The van der Waals surface area contributed by atoms with Crippen molar-refractivity contribution in [2.45, 2.75) is 31.3 Å². The van der Waals surface area contributed by atoms with Crippen molar-refractivity contribution >= 4 is 39.0 Å². The van der Waals surface area contributed by atoms with Crippen LogP contribution in [0.25, 0.3) is 22.3 Å². The maximum atomic E-state index is 12.6. The third-order valence-corrected chi connectivity index (χ3v) is 6.14. The molecule has 0 amide bonds. The number of carbonyl (C=O) groups is 1. The molecule has 33 heavy (non-hydrogen) atoms. The maximum absolute atomic E-state index is 12.6. The van der Waals surface area contributed by atoms with Crippen LogP contribution in [-0.4, -0.2) is 32.9 Å². The number of ether oxygens (including phenoxy) is 2. The highest BCUT2D eigenvalue weighted by molar-refractivity contribution is 7.90. The fourth-order valence-electron chi connectivity index (χ4n) is 3.25. The van der Waals surface area contributed by atoms with E-state index in [2.05, 4.69) is 0 Å². The molecule has 0 heterocycles. The van der Waals surface area contributed by atoms with Gasteiger partial charge in [-0.25, -0.2) is 13.2 Å². The highest BCUT2D eigenvalue weighted by Gasteiger charge is 2.20. The number of halogens is 2. The first-order valence-electron chi connectivity index (χ1n) is 10.1. The smallest absolute Gasteiger partial charge is 0.344 e. The number of sulfone groups is 1. The van der Waals surface area contributed by atoms with E-state index in [4.69, 9.17) is 32.7 Å². The van der Waals surface area contributed by atoms with E-state index in [9.17, 15) is 13.2 Å². The van der Waals surface area contributed by atoms with Crippen LogP contribution in [0.4, 0.5) is 0 Å². The summed E-state index contributed by atoms with van der Waals surface area (Å²) in [5, 5.41) is 0.943. The van der Waals surface area contributed by atoms with Gasteiger partial charge in [-0.15, -0.1) is 0 Å². The SMILES string of the molecule is CC(C)(C)OC(=O)COc1ccc(Cl)cc1-c1ccc(-c2cccc(Cl)c2)c(S(C)(=O)=O)c1. The summed E-state index contributed by atoms with van der Waals surface area (Å²) in [5.74, 6) is -0.142. The van der Waals surface area contributed by atoms with Crippen molar-refractivity contribution in [1.29, 1.82) is 0 Å². The first-order chi connectivity index (χ1) is 15.3. The van der Waals surface area contributed by atoms with Crippen LogP contribution < -0.4 is 4.74 Å². The monoisotopic (exact) mass is 506 g/mol. The Labute approximate surface area is 204 Å². The Morgan fingerprint density at radius 1 is 0.879 bits per heavy atom. The molecule has 174 valence electrons. The van der Waals surface area contributed by atoms with Gasteiger partial charge in [0.1, 0.15) is 11.4 Å². The van der Waals surface area contributed by atoms with Gasteiger partial charge < -0.3 is 9.47 Å². The van der Waals surface area contributed by atoms with Crippen molar-refractivity contribution in [2.75, 3.05) is 12.9 Å². The highest BCUT2D eigenvalue weighted by Crippen LogP contribution is 2.37. The van der Waals surface area contributed by atoms with Crippen LogP contribution in [0, 0.1) is 0 Å². The summed E-state index contributed by atoms with van der Waals surface area (Å²) < 4.78 is 36.3. The molecular weight excluding hydrogens is 483 g/mol. The summed E-state index contributed by atoms with van der Waals surface area (Å²) >= 11 is 12.3. The minimum absolute atomic E-state index is 0.139. The molecule has 0 spiro atoms. The lowest BCUT2D eigenvalue weighted by molar-refractivity contribution is -0.157. The molecule has 0 saturated carbocycles. The average Bonchev–Trinajstić information content (AvgIpc) is 2.70. The van der Waals surface area contributed by atoms with Gasteiger partial charge in [-0.2, -0.15) is 0 Å². The Morgan fingerprint density at radius 2 is 1.55 bits per heavy atom. The van der Waals surface area contributed by atoms with Crippen molar-refractivity contribution in [3.8, 4) is 28.0 Å². The molecule has 3 aromatic rings. The normalized spacial score (nSPS) is 11.8. The Kier molecular flexibility index (Phi) is 7.42. The van der Waals surface area contributed by atoms with Crippen LogP contribution in [0.3, 0.4) is 0 Å².